The molecule has 0 fully saturated rings. The van der Waals surface area contributed by atoms with E-state index < -0.39 is 0 Å². The van der Waals surface area contributed by atoms with Crippen LogP contribution in [0.1, 0.15) is 31.7 Å². The Morgan fingerprint density at radius 1 is 1.41 bits per heavy atom. The van der Waals surface area contributed by atoms with Gasteiger partial charge in [0.25, 0.3) is 0 Å². The maximum atomic E-state index is 11.6. The summed E-state index contributed by atoms with van der Waals surface area (Å²) in [6, 6.07) is 3.94. The number of halogens is 1. The number of carbonyl (C=O) groups excluding carboxylic acids is 1. The van der Waals surface area contributed by atoms with Crippen LogP contribution in [-0.4, -0.2) is 19.1 Å². The molecule has 96 valence electrons. The zero-order valence-electron chi connectivity index (χ0n) is 10.5. The van der Waals surface area contributed by atoms with Gasteiger partial charge < -0.3 is 4.74 Å². The van der Waals surface area contributed by atoms with E-state index in [4.69, 9.17) is 4.74 Å². The molecule has 1 unspecified atom stereocenters. The van der Waals surface area contributed by atoms with Gasteiger partial charge in [0.1, 0.15) is 6.04 Å². The molecule has 0 saturated carbocycles. The molecule has 3 nitrogen and oxygen atoms in total. The van der Waals surface area contributed by atoms with E-state index in [9.17, 15) is 4.79 Å². The Hall–Kier alpha value is -0.390. The Labute approximate surface area is 115 Å². The van der Waals surface area contributed by atoms with E-state index in [0.717, 1.165) is 3.79 Å². The van der Waals surface area contributed by atoms with Crippen molar-refractivity contribution in [3.05, 3.63) is 20.8 Å². The van der Waals surface area contributed by atoms with Crippen LogP contribution in [0.5, 0.6) is 0 Å². The van der Waals surface area contributed by atoms with Crippen LogP contribution in [0.2, 0.25) is 0 Å². The van der Waals surface area contributed by atoms with Crippen LogP contribution < -0.4 is 5.32 Å². The van der Waals surface area contributed by atoms with Gasteiger partial charge in [-0.1, -0.05) is 13.8 Å². The van der Waals surface area contributed by atoms with Gasteiger partial charge in [0.15, 0.2) is 0 Å². The lowest BCUT2D eigenvalue weighted by atomic mass is 10.0. The third-order valence-electron chi connectivity index (χ3n) is 2.57. The van der Waals surface area contributed by atoms with E-state index in [0.29, 0.717) is 0 Å². The summed E-state index contributed by atoms with van der Waals surface area (Å²) >= 11 is 5.11. The molecule has 2 atom stereocenters. The maximum Gasteiger partial charge on any atom is 0.323 e. The van der Waals surface area contributed by atoms with Crippen molar-refractivity contribution >= 4 is 33.2 Å². The summed E-state index contributed by atoms with van der Waals surface area (Å²) in [6.07, 6.45) is 0. The van der Waals surface area contributed by atoms with Crippen molar-refractivity contribution in [2.24, 2.45) is 5.92 Å². The van der Waals surface area contributed by atoms with E-state index in [1.165, 1.54) is 12.0 Å². The Morgan fingerprint density at radius 3 is 2.47 bits per heavy atom. The molecule has 0 bridgehead atoms. The smallest absolute Gasteiger partial charge is 0.323 e. The van der Waals surface area contributed by atoms with Crippen LogP contribution >= 0.6 is 27.3 Å². The Kier molecular flexibility index (Phi) is 5.62. The first kappa shape index (κ1) is 14.7. The minimum absolute atomic E-state index is 0.137. The Morgan fingerprint density at radius 2 is 2.06 bits per heavy atom. The first-order chi connectivity index (χ1) is 7.95. The summed E-state index contributed by atoms with van der Waals surface area (Å²) in [5.41, 5.74) is 0. The third-order valence-corrected chi connectivity index (χ3v) is 4.38. The highest BCUT2D eigenvalue weighted by atomic mass is 79.9. The summed E-state index contributed by atoms with van der Waals surface area (Å²) in [7, 11) is 1.42. The van der Waals surface area contributed by atoms with Gasteiger partial charge in [0.2, 0.25) is 0 Å². The summed E-state index contributed by atoms with van der Waals surface area (Å²) in [5.74, 6) is -0.00391. The number of hydrogen-bond acceptors (Lipinski definition) is 4. The number of carbonyl (C=O) groups is 1. The van der Waals surface area contributed by atoms with Crippen molar-refractivity contribution in [1.82, 2.24) is 5.32 Å². The van der Waals surface area contributed by atoms with Crippen molar-refractivity contribution < 1.29 is 9.53 Å². The van der Waals surface area contributed by atoms with Crippen LogP contribution in [0, 0.1) is 5.92 Å². The molecule has 17 heavy (non-hydrogen) atoms. The molecule has 0 amide bonds. The lowest BCUT2D eigenvalue weighted by Crippen LogP contribution is -2.42. The molecule has 1 rings (SSSR count). The van der Waals surface area contributed by atoms with E-state index in [-0.39, 0.29) is 24.0 Å². The largest absolute Gasteiger partial charge is 0.468 e. The third kappa shape index (κ3) is 4.08. The van der Waals surface area contributed by atoms with Gasteiger partial charge in [-0.15, -0.1) is 11.3 Å². The molecule has 1 heterocycles. The maximum absolute atomic E-state index is 11.6. The summed E-state index contributed by atoms with van der Waals surface area (Å²) in [4.78, 5) is 12.8. The molecule has 5 heteroatoms. The fraction of sp³-hybridized carbons (Fsp3) is 0.583. The molecule has 0 aliphatic carbocycles. The second kappa shape index (κ2) is 6.52. The minimum atomic E-state index is -0.268. The van der Waals surface area contributed by atoms with E-state index in [2.05, 4.69) is 34.2 Å². The minimum Gasteiger partial charge on any atom is -0.468 e. The van der Waals surface area contributed by atoms with Crippen molar-refractivity contribution in [1.29, 1.82) is 0 Å². The van der Waals surface area contributed by atoms with Crippen LogP contribution in [0.4, 0.5) is 0 Å². The summed E-state index contributed by atoms with van der Waals surface area (Å²) in [5, 5.41) is 3.31. The molecule has 0 saturated heterocycles. The lowest BCUT2D eigenvalue weighted by Gasteiger charge is -2.23. The highest BCUT2D eigenvalue weighted by Crippen LogP contribution is 2.27. The van der Waals surface area contributed by atoms with E-state index >= 15 is 0 Å². The van der Waals surface area contributed by atoms with E-state index in [1.807, 2.05) is 19.9 Å². The van der Waals surface area contributed by atoms with E-state index in [1.54, 1.807) is 11.3 Å². The fourth-order valence-electron chi connectivity index (χ4n) is 1.57. The first-order valence-corrected chi connectivity index (χ1v) is 7.15. The number of esters is 1. The highest BCUT2D eigenvalue weighted by Gasteiger charge is 2.25. The second-order valence-corrected chi connectivity index (χ2v) is 6.77. The second-order valence-electron chi connectivity index (χ2n) is 4.28. The van der Waals surface area contributed by atoms with Crippen LogP contribution in [0.25, 0.3) is 0 Å². The van der Waals surface area contributed by atoms with Crippen LogP contribution in [0.15, 0.2) is 15.9 Å². The number of thiophene rings is 1. The van der Waals surface area contributed by atoms with Gasteiger partial charge >= 0.3 is 5.97 Å². The number of rotatable bonds is 5. The molecule has 0 aliphatic rings. The molecule has 1 aromatic heterocycles. The predicted octanol–water partition coefficient (Wildman–Crippen LogP) is 3.36. The van der Waals surface area contributed by atoms with Gasteiger partial charge in [-0.05, 0) is 40.9 Å². The van der Waals surface area contributed by atoms with Gasteiger partial charge in [-0.25, -0.2) is 0 Å². The molecule has 0 spiro atoms. The quantitative estimate of drug-likeness (QED) is 0.846. The predicted molar refractivity (Wildman–Crippen MR) is 74.2 cm³/mol. The van der Waals surface area contributed by atoms with Crippen molar-refractivity contribution in [3.63, 3.8) is 0 Å². The number of nitrogens with one attached hydrogen (secondary N) is 1. The average molecular weight is 320 g/mol. The van der Waals surface area contributed by atoms with Gasteiger partial charge in [0.05, 0.1) is 10.9 Å². The monoisotopic (exact) mass is 319 g/mol. The summed E-state index contributed by atoms with van der Waals surface area (Å²) in [6.45, 7) is 6.06. The number of hydrogen-bond donors (Lipinski definition) is 1. The molecular weight excluding hydrogens is 302 g/mol. The lowest BCUT2D eigenvalue weighted by molar-refractivity contribution is -0.144. The zero-order valence-corrected chi connectivity index (χ0v) is 12.9. The molecular formula is C12H18BrNO2S. The van der Waals surface area contributed by atoms with Gasteiger partial charge in [0, 0.05) is 10.9 Å². The van der Waals surface area contributed by atoms with Crippen LogP contribution in [0.3, 0.4) is 0 Å². The zero-order chi connectivity index (χ0) is 13.0. The molecule has 1 aromatic rings. The molecule has 1 N–H and O–H groups in total. The standard InChI is InChI=1S/C12H18BrNO2S/c1-7(2)11(12(15)16-4)14-8(3)9-5-6-10(13)17-9/h5-8,11,14H,1-4H3/t8?,11-/m1/s1. The highest BCUT2D eigenvalue weighted by molar-refractivity contribution is 9.11. The van der Waals surface area contributed by atoms with Gasteiger partial charge in [-0.2, -0.15) is 0 Å². The van der Waals surface area contributed by atoms with Crippen molar-refractivity contribution in [2.75, 3.05) is 7.11 Å². The van der Waals surface area contributed by atoms with Crippen molar-refractivity contribution in [2.45, 2.75) is 32.9 Å². The SMILES string of the molecule is COC(=O)[C@H](NC(C)c1ccc(Br)s1)C(C)C. The normalized spacial score (nSPS) is 14.7. The fourth-order valence-corrected chi connectivity index (χ4v) is 3.01. The van der Waals surface area contributed by atoms with Gasteiger partial charge in [-0.3, -0.25) is 10.1 Å². The molecule has 0 radical (unpaired) electrons. The Balaban J connectivity index is 2.70. The van der Waals surface area contributed by atoms with Crippen LogP contribution in [-0.2, 0) is 9.53 Å². The molecule has 0 aliphatic heterocycles. The van der Waals surface area contributed by atoms with Crippen molar-refractivity contribution in [3.8, 4) is 0 Å². The Bertz CT molecular complexity index is 378. The topological polar surface area (TPSA) is 38.3 Å². The first-order valence-electron chi connectivity index (χ1n) is 5.54. The number of methoxy groups -OCH3 is 1. The molecule has 0 aromatic carbocycles. The number of ether oxygens (including phenoxy) is 1. The average Bonchev–Trinajstić information content (AvgIpc) is 2.71. The summed E-state index contributed by atoms with van der Waals surface area (Å²) < 4.78 is 5.91.